The fraction of sp³-hybridized carbons (Fsp3) is 0.233. The number of nitro benzene ring substituents is 1. The van der Waals surface area contributed by atoms with Crippen molar-refractivity contribution in [3.05, 3.63) is 107 Å². The predicted octanol–water partition coefficient (Wildman–Crippen LogP) is 4.29. The van der Waals surface area contributed by atoms with Gasteiger partial charge in [0.15, 0.2) is 16.3 Å². The van der Waals surface area contributed by atoms with Crippen molar-refractivity contribution in [1.29, 1.82) is 0 Å². The number of benzene rings is 2. The number of hydrogen-bond donors (Lipinski definition) is 0. The van der Waals surface area contributed by atoms with Crippen molar-refractivity contribution in [2.75, 3.05) is 20.3 Å². The van der Waals surface area contributed by atoms with Crippen LogP contribution in [0.25, 0.3) is 17.4 Å². The first-order valence-corrected chi connectivity index (χ1v) is 13.9. The second kappa shape index (κ2) is 11.9. The third kappa shape index (κ3) is 5.36. The summed E-state index contributed by atoms with van der Waals surface area (Å²) in [6, 6.07) is 12.6. The number of carbonyl (C=O) groups excluding carboxylic acids is 1. The van der Waals surface area contributed by atoms with E-state index in [0.717, 1.165) is 11.3 Å². The lowest BCUT2D eigenvalue weighted by molar-refractivity contribution is -0.385. The molecule has 216 valence electrons. The lowest BCUT2D eigenvalue weighted by Crippen LogP contribution is -2.39. The van der Waals surface area contributed by atoms with Crippen LogP contribution in [0.15, 0.2) is 74.5 Å². The molecule has 11 nitrogen and oxygen atoms in total. The number of methoxy groups -OCH3 is 1. The summed E-state index contributed by atoms with van der Waals surface area (Å²) in [6.07, 6.45) is 3.00. The minimum atomic E-state index is -0.828. The van der Waals surface area contributed by atoms with Gasteiger partial charge in [-0.15, -0.1) is 0 Å². The Morgan fingerprint density at radius 3 is 2.60 bits per heavy atom. The second-order valence-corrected chi connectivity index (χ2v) is 10.2. The van der Waals surface area contributed by atoms with Crippen LogP contribution in [0.5, 0.6) is 11.5 Å². The third-order valence-electron chi connectivity index (χ3n) is 6.60. The Morgan fingerprint density at radius 1 is 1.12 bits per heavy atom. The molecular formula is C30H27N3O8S. The number of ether oxygens (including phenoxy) is 3. The molecule has 0 saturated carbocycles. The molecule has 0 aliphatic carbocycles. The zero-order chi connectivity index (χ0) is 30.0. The van der Waals surface area contributed by atoms with Crippen molar-refractivity contribution in [3.63, 3.8) is 0 Å². The molecular weight excluding hydrogens is 562 g/mol. The highest BCUT2D eigenvalue weighted by atomic mass is 32.1. The number of hydrogen-bond acceptors (Lipinski definition) is 10. The molecule has 1 aliphatic heterocycles. The van der Waals surface area contributed by atoms with E-state index < -0.39 is 16.9 Å². The van der Waals surface area contributed by atoms with Crippen LogP contribution in [-0.4, -0.2) is 35.8 Å². The van der Waals surface area contributed by atoms with E-state index in [2.05, 4.69) is 4.99 Å². The van der Waals surface area contributed by atoms with Crippen LogP contribution < -0.4 is 24.4 Å². The fourth-order valence-electron chi connectivity index (χ4n) is 4.66. The zero-order valence-electron chi connectivity index (χ0n) is 23.3. The average molecular weight is 590 g/mol. The number of nitrogens with zero attached hydrogens (tertiary/aromatic N) is 3. The van der Waals surface area contributed by atoms with E-state index in [-0.39, 0.29) is 16.8 Å². The van der Waals surface area contributed by atoms with Gasteiger partial charge in [0.2, 0.25) is 0 Å². The molecule has 0 saturated heterocycles. The number of aryl methyl sites for hydroxylation is 1. The van der Waals surface area contributed by atoms with Crippen molar-refractivity contribution in [2.45, 2.75) is 26.8 Å². The number of carbonyl (C=O) groups is 1. The molecule has 2 aromatic heterocycles. The summed E-state index contributed by atoms with van der Waals surface area (Å²) in [5.74, 6) is 1.21. The van der Waals surface area contributed by atoms with Gasteiger partial charge in [0.05, 0.1) is 41.4 Å². The van der Waals surface area contributed by atoms with Crippen LogP contribution in [-0.2, 0) is 9.53 Å². The number of rotatable bonds is 9. The number of aromatic nitrogens is 1. The van der Waals surface area contributed by atoms with Crippen LogP contribution in [0, 0.1) is 17.0 Å². The minimum Gasteiger partial charge on any atom is -0.490 e. The van der Waals surface area contributed by atoms with Crippen LogP contribution in [0.3, 0.4) is 0 Å². The SMILES string of the molecule is CCOc1ccc([C@@H]2C(C(=O)OC)=CN=c3s/c(=C/c4ccc(-c5ccc(C)c([N+](=O)[O-])c5)o4)c(=O)n32)cc1OCC. The summed E-state index contributed by atoms with van der Waals surface area (Å²) in [6.45, 7) is 6.22. The molecule has 1 atom stereocenters. The molecule has 0 amide bonds. The Bertz CT molecular complexity index is 1900. The van der Waals surface area contributed by atoms with Gasteiger partial charge in [-0.3, -0.25) is 19.5 Å². The Hall–Kier alpha value is -4.97. The Kier molecular flexibility index (Phi) is 8.07. The van der Waals surface area contributed by atoms with Gasteiger partial charge in [-0.25, -0.2) is 9.79 Å². The molecule has 1 aliphatic rings. The topological polar surface area (TPSA) is 135 Å². The molecule has 0 N–H and O–H groups in total. The summed E-state index contributed by atoms with van der Waals surface area (Å²) in [5, 5.41) is 11.4. The molecule has 0 bridgehead atoms. The van der Waals surface area contributed by atoms with Crippen molar-refractivity contribution in [2.24, 2.45) is 4.99 Å². The molecule has 4 aromatic rings. The summed E-state index contributed by atoms with van der Waals surface area (Å²) in [7, 11) is 1.27. The van der Waals surface area contributed by atoms with Crippen molar-refractivity contribution in [3.8, 4) is 22.8 Å². The highest BCUT2D eigenvalue weighted by Gasteiger charge is 2.31. The van der Waals surface area contributed by atoms with Gasteiger partial charge in [-0.1, -0.05) is 29.5 Å². The third-order valence-corrected chi connectivity index (χ3v) is 7.60. The van der Waals surface area contributed by atoms with Crippen LogP contribution >= 0.6 is 11.3 Å². The minimum absolute atomic E-state index is 0.0121. The normalized spacial score (nSPS) is 14.5. The molecule has 5 rings (SSSR count). The maximum absolute atomic E-state index is 13.8. The summed E-state index contributed by atoms with van der Waals surface area (Å²) in [4.78, 5) is 42.3. The molecule has 12 heteroatoms. The van der Waals surface area contributed by atoms with E-state index >= 15 is 0 Å². The largest absolute Gasteiger partial charge is 0.490 e. The van der Waals surface area contributed by atoms with Crippen LogP contribution in [0.2, 0.25) is 0 Å². The summed E-state index contributed by atoms with van der Waals surface area (Å²) < 4.78 is 24.2. The Morgan fingerprint density at radius 2 is 1.88 bits per heavy atom. The van der Waals surface area contributed by atoms with Gasteiger partial charge >= 0.3 is 5.97 Å². The Labute approximate surface area is 243 Å². The molecule has 0 spiro atoms. The van der Waals surface area contributed by atoms with Crippen molar-refractivity contribution >= 4 is 29.1 Å². The quantitative estimate of drug-likeness (QED) is 0.160. The maximum Gasteiger partial charge on any atom is 0.337 e. The van der Waals surface area contributed by atoms with Gasteiger partial charge < -0.3 is 18.6 Å². The van der Waals surface area contributed by atoms with Gasteiger partial charge in [-0.05, 0) is 50.6 Å². The number of furan rings is 1. The highest BCUT2D eigenvalue weighted by molar-refractivity contribution is 7.07. The number of esters is 1. The highest BCUT2D eigenvalue weighted by Crippen LogP contribution is 2.35. The lowest BCUT2D eigenvalue weighted by atomic mass is 9.97. The predicted molar refractivity (Wildman–Crippen MR) is 155 cm³/mol. The van der Waals surface area contributed by atoms with Gasteiger partial charge in [-0.2, -0.15) is 0 Å². The average Bonchev–Trinajstić information content (AvgIpc) is 3.58. The molecule has 2 aromatic carbocycles. The molecule has 3 heterocycles. The summed E-state index contributed by atoms with van der Waals surface area (Å²) in [5.41, 5.74) is 1.48. The standard InChI is InChI=1S/C30H27N3O8S/c1-5-39-24-11-9-19(14-25(24)40-6-2)27-21(29(35)38-4)16-31-30-32(27)28(34)26(42-30)15-20-10-12-23(41-20)18-8-7-17(3)22(13-18)33(36)37/h7-16,27H,5-6H2,1-4H3/b26-15+/t27-/m1/s1. The molecule has 0 radical (unpaired) electrons. The van der Waals surface area contributed by atoms with Gasteiger partial charge in [0.1, 0.15) is 11.5 Å². The second-order valence-electron chi connectivity index (χ2n) is 9.21. The fourth-order valence-corrected chi connectivity index (χ4v) is 5.61. The summed E-state index contributed by atoms with van der Waals surface area (Å²) >= 11 is 1.14. The van der Waals surface area contributed by atoms with E-state index in [1.165, 1.54) is 23.9 Å². The monoisotopic (exact) mass is 589 g/mol. The molecule has 0 fully saturated rings. The van der Waals surface area contributed by atoms with Crippen LogP contribution in [0.4, 0.5) is 5.69 Å². The first kappa shape index (κ1) is 28.6. The van der Waals surface area contributed by atoms with E-state index in [4.69, 9.17) is 18.6 Å². The molecule has 0 unspecified atom stereocenters. The van der Waals surface area contributed by atoms with Crippen LogP contribution in [0.1, 0.15) is 36.8 Å². The van der Waals surface area contributed by atoms with E-state index in [1.807, 2.05) is 13.8 Å². The first-order valence-electron chi connectivity index (χ1n) is 13.1. The number of thiazole rings is 1. The van der Waals surface area contributed by atoms with Crippen molar-refractivity contribution < 1.29 is 28.3 Å². The van der Waals surface area contributed by atoms with E-state index in [9.17, 15) is 19.7 Å². The molecule has 42 heavy (non-hydrogen) atoms. The number of fused-ring (bicyclic) bond motifs is 1. The van der Waals surface area contributed by atoms with Gasteiger partial charge in [0.25, 0.3) is 11.2 Å². The van der Waals surface area contributed by atoms with E-state index in [0.29, 0.717) is 62.3 Å². The maximum atomic E-state index is 13.8. The smallest absolute Gasteiger partial charge is 0.337 e. The van der Waals surface area contributed by atoms with E-state index in [1.54, 1.807) is 55.5 Å². The van der Waals surface area contributed by atoms with Gasteiger partial charge in [0, 0.05) is 29.5 Å². The van der Waals surface area contributed by atoms with Crippen molar-refractivity contribution in [1.82, 2.24) is 4.57 Å². The first-order chi connectivity index (χ1) is 20.2. The number of nitro groups is 1. The Balaban J connectivity index is 1.59. The lowest BCUT2D eigenvalue weighted by Gasteiger charge is -2.23. The zero-order valence-corrected chi connectivity index (χ0v) is 24.1.